The molecule has 39 heavy (non-hydrogen) atoms. The predicted molar refractivity (Wildman–Crippen MR) is 149 cm³/mol. The Hall–Kier alpha value is -1.30. The molecule has 17 heteroatoms. The van der Waals surface area contributed by atoms with Crippen LogP contribution in [0, 0.1) is 5.41 Å². The zero-order valence-corrected chi connectivity index (χ0v) is 21.7. The number of nitrogens with two attached hydrogens (primary N) is 1. The standard InChI is InChI=1S/C22H22N4O8S3.2Na.2H/c1-10(27)34-8-22(20(32)33)7-26-17(29)14(18(26)36-9-22)25-16(28)15(12-6-35-21(23)24-12)37-13-5-3-2-4-11(13)19(30)31;;;;/h2-6,14-15,18H,7-9H2,1H3,(H2,23,24)(H,25,28)(H,30,31)(H,32,33);;;;/t14?,15?,18-,22?;;;;/m1..../s1. The van der Waals surface area contributed by atoms with Crippen LogP contribution in [-0.4, -0.2) is 139 Å². The second kappa shape index (κ2) is 14.0. The van der Waals surface area contributed by atoms with Gasteiger partial charge in [-0.05, 0) is 12.1 Å². The Labute approximate surface area is 279 Å². The number of hydrogen-bond donors (Lipinski definition) is 4. The molecule has 1 aromatic carbocycles. The van der Waals surface area contributed by atoms with Crippen molar-refractivity contribution in [3.63, 3.8) is 0 Å². The zero-order valence-electron chi connectivity index (χ0n) is 19.3. The van der Waals surface area contributed by atoms with Gasteiger partial charge in [-0.25, -0.2) is 9.78 Å². The number of aromatic nitrogens is 1. The number of anilines is 1. The van der Waals surface area contributed by atoms with Crippen molar-refractivity contribution >= 4 is 129 Å². The molecule has 2 aromatic rings. The molecule has 0 radical (unpaired) electrons. The number of carboxylic acids is 2. The normalized spacial score (nSPS) is 22.2. The molecule has 200 valence electrons. The van der Waals surface area contributed by atoms with E-state index in [1.807, 2.05) is 0 Å². The van der Waals surface area contributed by atoms with Gasteiger partial charge in [0.05, 0.1) is 11.3 Å². The van der Waals surface area contributed by atoms with Gasteiger partial charge in [0, 0.05) is 29.5 Å². The number of aliphatic carboxylic acids is 1. The van der Waals surface area contributed by atoms with Crippen LogP contribution in [0.3, 0.4) is 0 Å². The number of amides is 2. The summed E-state index contributed by atoms with van der Waals surface area (Å²) in [6.45, 7) is 0.643. The van der Waals surface area contributed by atoms with Crippen LogP contribution in [0.5, 0.6) is 0 Å². The van der Waals surface area contributed by atoms with Gasteiger partial charge in [0.2, 0.25) is 11.8 Å². The molecule has 2 amide bonds. The molecule has 3 heterocycles. The van der Waals surface area contributed by atoms with E-state index in [-0.39, 0.29) is 88.7 Å². The van der Waals surface area contributed by atoms with Gasteiger partial charge in [-0.2, -0.15) is 0 Å². The number of carboxylic acid groups (broad SMARTS) is 2. The van der Waals surface area contributed by atoms with Crippen LogP contribution in [0.2, 0.25) is 0 Å². The number of nitrogens with zero attached hydrogens (tertiary/aromatic N) is 2. The van der Waals surface area contributed by atoms with Crippen LogP contribution < -0.4 is 11.1 Å². The summed E-state index contributed by atoms with van der Waals surface area (Å²) >= 11 is 3.28. The fraction of sp³-hybridized carbons (Fsp3) is 0.364. The minimum atomic E-state index is -1.45. The fourth-order valence-corrected chi connectivity index (χ4v) is 7.22. The van der Waals surface area contributed by atoms with Crippen LogP contribution in [-0.2, 0) is 23.9 Å². The van der Waals surface area contributed by atoms with Gasteiger partial charge in [0.15, 0.2) is 5.13 Å². The molecule has 0 bridgehead atoms. The number of nitrogen functional groups attached to an aromatic ring is 1. The topological polar surface area (TPSA) is 189 Å². The van der Waals surface area contributed by atoms with E-state index in [1.165, 1.54) is 29.7 Å². The van der Waals surface area contributed by atoms with Gasteiger partial charge >= 0.3 is 77.0 Å². The first-order chi connectivity index (χ1) is 17.5. The molecule has 0 saturated carbocycles. The van der Waals surface area contributed by atoms with E-state index >= 15 is 0 Å². The Morgan fingerprint density at radius 1 is 1.28 bits per heavy atom. The number of esters is 1. The molecule has 0 spiro atoms. The SMILES string of the molecule is CC(=O)OCC1(C(=O)O)CS[C@@H]2C(NC(=O)C(Sc3ccccc3C(=O)O)c3csc(N)n3)C(=O)N2C1.[NaH].[NaH]. The van der Waals surface area contributed by atoms with E-state index in [1.54, 1.807) is 23.6 Å². The molecule has 2 aliphatic rings. The van der Waals surface area contributed by atoms with E-state index < -0.39 is 51.8 Å². The molecule has 4 atom stereocenters. The summed E-state index contributed by atoms with van der Waals surface area (Å²) in [5, 5.41) is 22.3. The number of thioether (sulfide) groups is 2. The Bertz CT molecular complexity index is 1280. The number of thiazole rings is 1. The molecule has 12 nitrogen and oxygen atoms in total. The van der Waals surface area contributed by atoms with Gasteiger partial charge in [0.1, 0.15) is 28.7 Å². The van der Waals surface area contributed by atoms with Gasteiger partial charge < -0.3 is 30.9 Å². The van der Waals surface area contributed by atoms with Crippen molar-refractivity contribution in [3.8, 4) is 0 Å². The van der Waals surface area contributed by atoms with Crippen molar-refractivity contribution in [3.05, 3.63) is 40.9 Å². The molecular formula is C22H24N4Na2O8S3. The Kier molecular flexibility index (Phi) is 12.2. The van der Waals surface area contributed by atoms with Crippen LogP contribution in [0.15, 0.2) is 34.5 Å². The molecule has 0 aliphatic carbocycles. The molecule has 2 aliphatic heterocycles. The van der Waals surface area contributed by atoms with Gasteiger partial charge in [-0.3, -0.25) is 19.2 Å². The van der Waals surface area contributed by atoms with Crippen molar-refractivity contribution in [2.45, 2.75) is 28.5 Å². The maximum atomic E-state index is 13.4. The van der Waals surface area contributed by atoms with Crippen molar-refractivity contribution in [1.29, 1.82) is 0 Å². The number of hydrogen-bond acceptors (Lipinski definition) is 11. The van der Waals surface area contributed by atoms with Crippen molar-refractivity contribution in [2.75, 3.05) is 24.6 Å². The number of β-lactam (4-membered cyclic amide) rings is 1. The number of carbonyl (C=O) groups is 5. The summed E-state index contributed by atoms with van der Waals surface area (Å²) in [7, 11) is 0. The minimum absolute atomic E-state index is 0. The Balaban J connectivity index is 0.00000267. The second-order valence-electron chi connectivity index (χ2n) is 8.43. The number of nitrogens with one attached hydrogen (secondary N) is 1. The van der Waals surface area contributed by atoms with Crippen LogP contribution in [0.1, 0.15) is 28.2 Å². The van der Waals surface area contributed by atoms with Crippen LogP contribution in [0.4, 0.5) is 5.13 Å². The third-order valence-electron chi connectivity index (χ3n) is 5.86. The summed E-state index contributed by atoms with van der Waals surface area (Å²) in [5.74, 6) is -3.92. The first-order valence-electron chi connectivity index (χ1n) is 10.8. The van der Waals surface area contributed by atoms with Gasteiger partial charge in [-0.1, -0.05) is 12.1 Å². The average molecular weight is 615 g/mol. The summed E-state index contributed by atoms with van der Waals surface area (Å²) in [5.41, 5.74) is 4.64. The molecule has 2 fully saturated rings. The summed E-state index contributed by atoms with van der Waals surface area (Å²) in [6, 6.07) is 5.31. The zero-order chi connectivity index (χ0) is 26.9. The third kappa shape index (κ3) is 7.32. The first kappa shape index (κ1) is 33.9. The monoisotopic (exact) mass is 614 g/mol. The summed E-state index contributed by atoms with van der Waals surface area (Å²) in [6.07, 6.45) is 0. The Morgan fingerprint density at radius 2 is 1.97 bits per heavy atom. The van der Waals surface area contributed by atoms with Crippen molar-refractivity contribution < 1.29 is 38.9 Å². The van der Waals surface area contributed by atoms with Gasteiger partial charge in [0.25, 0.3) is 0 Å². The predicted octanol–water partition coefficient (Wildman–Crippen LogP) is -0.00610. The quantitative estimate of drug-likeness (QED) is 0.128. The second-order valence-corrected chi connectivity index (χ2v) is 11.6. The maximum absolute atomic E-state index is 13.4. The summed E-state index contributed by atoms with van der Waals surface area (Å²) in [4.78, 5) is 67.0. The van der Waals surface area contributed by atoms with Crippen molar-refractivity contribution in [2.24, 2.45) is 5.41 Å². The van der Waals surface area contributed by atoms with Crippen molar-refractivity contribution in [1.82, 2.24) is 15.2 Å². The number of aromatic carboxylic acids is 1. The number of carbonyl (C=O) groups excluding carboxylic acids is 3. The van der Waals surface area contributed by atoms with E-state index in [9.17, 15) is 34.2 Å². The Morgan fingerprint density at radius 3 is 2.56 bits per heavy atom. The molecule has 4 rings (SSSR count). The molecular weight excluding hydrogens is 590 g/mol. The fourth-order valence-electron chi connectivity index (χ4n) is 3.92. The molecule has 3 unspecified atom stereocenters. The molecule has 1 aromatic heterocycles. The number of rotatable bonds is 9. The van der Waals surface area contributed by atoms with E-state index in [2.05, 4.69) is 10.3 Å². The van der Waals surface area contributed by atoms with Crippen LogP contribution in [0.25, 0.3) is 0 Å². The average Bonchev–Trinajstić information content (AvgIpc) is 3.29. The van der Waals surface area contributed by atoms with Gasteiger partial charge in [-0.15, -0.1) is 34.9 Å². The number of benzene rings is 1. The van der Waals surface area contributed by atoms with E-state index in [0.29, 0.717) is 10.6 Å². The first-order valence-corrected chi connectivity index (χ1v) is 13.6. The third-order valence-corrected chi connectivity index (χ3v) is 9.44. The van der Waals surface area contributed by atoms with E-state index in [0.717, 1.165) is 23.1 Å². The number of fused-ring (bicyclic) bond motifs is 1. The van der Waals surface area contributed by atoms with Crippen LogP contribution >= 0.6 is 34.9 Å². The van der Waals surface area contributed by atoms with E-state index in [4.69, 9.17) is 10.5 Å². The molecule has 5 N–H and O–H groups in total. The molecule has 2 saturated heterocycles. The summed E-state index contributed by atoms with van der Waals surface area (Å²) < 4.78 is 4.94. The number of ether oxygens (including phenoxy) is 1.